The minimum absolute atomic E-state index is 0.336. The van der Waals surface area contributed by atoms with E-state index in [1.165, 1.54) is 16.8 Å². The van der Waals surface area contributed by atoms with Crippen LogP contribution in [0.2, 0.25) is 0 Å². The minimum Gasteiger partial charge on any atom is -0.455 e. The first-order valence-electron chi connectivity index (χ1n) is 16.6. The molecular formula is C40H35N2O+. The summed E-state index contributed by atoms with van der Waals surface area (Å²) in [5, 5.41) is 6.14. The number of imidazole rings is 1. The van der Waals surface area contributed by atoms with E-state index in [1.807, 2.05) is 12.1 Å². The predicted octanol–water partition coefficient (Wildman–Crippen LogP) is 10.9. The SMILES string of the molecule is [2H]C([2H])([2H])c1ccc2c(ccc3cc4oc5c(-c6[nH]c7ccccc7[n+]6-c6c(C(C)C)cccc6C(C)C)cccc5c4cc32)c1. The Balaban J connectivity index is 1.42. The molecule has 0 radical (unpaired) electrons. The van der Waals surface area contributed by atoms with Gasteiger partial charge in [-0.15, -0.1) is 0 Å². The highest BCUT2D eigenvalue weighted by Gasteiger charge is 2.30. The highest BCUT2D eigenvalue weighted by atomic mass is 16.3. The van der Waals surface area contributed by atoms with E-state index in [0.717, 1.165) is 65.9 Å². The lowest BCUT2D eigenvalue weighted by Crippen LogP contribution is -2.35. The van der Waals surface area contributed by atoms with E-state index in [9.17, 15) is 0 Å². The van der Waals surface area contributed by atoms with Gasteiger partial charge in [0.1, 0.15) is 16.8 Å². The molecule has 210 valence electrons. The maximum Gasteiger partial charge on any atom is 0.296 e. The second kappa shape index (κ2) is 9.57. The Morgan fingerprint density at radius 2 is 1.42 bits per heavy atom. The van der Waals surface area contributed by atoms with Gasteiger partial charge in [0.2, 0.25) is 0 Å². The lowest BCUT2D eigenvalue weighted by molar-refractivity contribution is -0.556. The Hall–Kier alpha value is -4.89. The van der Waals surface area contributed by atoms with Gasteiger partial charge in [-0.2, -0.15) is 4.57 Å². The summed E-state index contributed by atoms with van der Waals surface area (Å²) in [7, 11) is 0. The molecule has 0 aliphatic heterocycles. The van der Waals surface area contributed by atoms with Crippen molar-refractivity contribution in [1.82, 2.24) is 4.98 Å². The van der Waals surface area contributed by atoms with Crippen LogP contribution in [0.25, 0.3) is 71.6 Å². The Morgan fingerprint density at radius 3 is 2.19 bits per heavy atom. The fraction of sp³-hybridized carbons (Fsp3) is 0.175. The molecular weight excluding hydrogens is 524 g/mol. The van der Waals surface area contributed by atoms with Crippen LogP contribution in [0.1, 0.15) is 60.3 Å². The van der Waals surface area contributed by atoms with Gasteiger partial charge in [-0.25, -0.2) is 4.98 Å². The van der Waals surface area contributed by atoms with Crippen LogP contribution in [-0.4, -0.2) is 4.98 Å². The summed E-state index contributed by atoms with van der Waals surface area (Å²) >= 11 is 0. The molecule has 1 N–H and O–H groups in total. The molecule has 0 fully saturated rings. The first kappa shape index (κ1) is 22.7. The second-order valence-electron chi connectivity index (χ2n) is 12.3. The van der Waals surface area contributed by atoms with Crippen molar-refractivity contribution in [3.8, 4) is 17.1 Å². The second-order valence-corrected chi connectivity index (χ2v) is 12.3. The molecule has 0 saturated heterocycles. The van der Waals surface area contributed by atoms with E-state index in [0.29, 0.717) is 17.4 Å². The molecule has 0 saturated carbocycles. The number of rotatable bonds is 4. The molecule has 0 aliphatic rings. The van der Waals surface area contributed by atoms with E-state index in [1.54, 1.807) is 12.1 Å². The van der Waals surface area contributed by atoms with Crippen molar-refractivity contribution in [2.75, 3.05) is 0 Å². The first-order chi connectivity index (χ1) is 22.1. The zero-order valence-corrected chi connectivity index (χ0v) is 24.8. The summed E-state index contributed by atoms with van der Waals surface area (Å²) in [6.45, 7) is 6.90. The Morgan fingerprint density at radius 1 is 0.674 bits per heavy atom. The van der Waals surface area contributed by atoms with Gasteiger partial charge in [0.25, 0.3) is 5.82 Å². The quantitative estimate of drug-likeness (QED) is 0.168. The fourth-order valence-electron chi connectivity index (χ4n) is 6.81. The standard InChI is InChI=1S/C40H34N2O/c1-23(2)28-10-8-11-29(24(3)4)38(28)42-36-15-7-6-14-35(36)41-40(42)32-13-9-12-31-34-22-33-27(21-37(34)43-39(31)32)18-17-26-20-25(5)16-19-30(26)33/h6-24H,1-5H3/p+1/i5D3. The number of nitrogens with zero attached hydrogens (tertiary/aromatic N) is 1. The first-order valence-corrected chi connectivity index (χ1v) is 15.1. The number of hydrogen-bond donors (Lipinski definition) is 1. The topological polar surface area (TPSA) is 32.8 Å². The van der Waals surface area contributed by atoms with Crippen LogP contribution in [0, 0.1) is 6.85 Å². The fourth-order valence-corrected chi connectivity index (χ4v) is 6.81. The highest BCUT2D eigenvalue weighted by molar-refractivity contribution is 6.17. The normalized spacial score (nSPS) is 13.6. The average molecular weight is 563 g/mol. The number of fused-ring (bicyclic) bond motifs is 7. The molecule has 8 rings (SSSR count). The van der Waals surface area contributed by atoms with Gasteiger partial charge in [-0.05, 0) is 70.6 Å². The molecule has 0 atom stereocenters. The third-order valence-corrected chi connectivity index (χ3v) is 8.90. The van der Waals surface area contributed by atoms with Crippen molar-refractivity contribution in [2.45, 2.75) is 46.4 Å². The van der Waals surface area contributed by atoms with E-state index in [4.69, 9.17) is 8.53 Å². The van der Waals surface area contributed by atoms with Crippen LogP contribution in [0.15, 0.2) is 108 Å². The van der Waals surface area contributed by atoms with Gasteiger partial charge in [0, 0.05) is 26.0 Å². The van der Waals surface area contributed by atoms with Crippen LogP contribution in [0.4, 0.5) is 0 Å². The highest BCUT2D eigenvalue weighted by Crippen LogP contribution is 2.39. The van der Waals surface area contributed by atoms with Crippen molar-refractivity contribution in [3.05, 3.63) is 120 Å². The maximum absolute atomic E-state index is 7.87. The summed E-state index contributed by atoms with van der Waals surface area (Å²) in [5.41, 5.74) is 9.01. The van der Waals surface area contributed by atoms with Crippen LogP contribution in [-0.2, 0) is 0 Å². The Kier molecular flexibility index (Phi) is 5.05. The van der Waals surface area contributed by atoms with Crippen molar-refractivity contribution in [2.24, 2.45) is 0 Å². The van der Waals surface area contributed by atoms with Crippen LogP contribution in [0.3, 0.4) is 0 Å². The maximum atomic E-state index is 7.87. The zero-order valence-electron chi connectivity index (χ0n) is 27.8. The molecule has 2 heterocycles. The molecule has 6 aromatic carbocycles. The lowest BCUT2D eigenvalue weighted by atomic mass is 9.92. The van der Waals surface area contributed by atoms with Crippen molar-refractivity contribution in [3.63, 3.8) is 0 Å². The number of nitrogens with one attached hydrogen (secondary N) is 1. The number of para-hydroxylation sites is 4. The van der Waals surface area contributed by atoms with Crippen molar-refractivity contribution < 1.29 is 13.1 Å². The number of aromatic nitrogens is 2. The molecule has 0 unspecified atom stereocenters. The Labute approximate surface area is 255 Å². The molecule has 43 heavy (non-hydrogen) atoms. The van der Waals surface area contributed by atoms with Gasteiger partial charge >= 0.3 is 0 Å². The smallest absolute Gasteiger partial charge is 0.296 e. The lowest BCUT2D eigenvalue weighted by Gasteiger charge is -2.18. The summed E-state index contributed by atoms with van der Waals surface area (Å²) in [6.07, 6.45) is 0. The predicted molar refractivity (Wildman–Crippen MR) is 180 cm³/mol. The van der Waals surface area contributed by atoms with Gasteiger partial charge in [0.05, 0.1) is 0 Å². The van der Waals surface area contributed by atoms with Crippen LogP contribution >= 0.6 is 0 Å². The number of aromatic amines is 1. The van der Waals surface area contributed by atoms with E-state index in [-0.39, 0.29) is 0 Å². The summed E-state index contributed by atoms with van der Waals surface area (Å²) in [6, 6.07) is 35.4. The van der Waals surface area contributed by atoms with E-state index in [2.05, 4.69) is 116 Å². The van der Waals surface area contributed by atoms with Crippen LogP contribution in [0.5, 0.6) is 0 Å². The molecule has 0 bridgehead atoms. The van der Waals surface area contributed by atoms with Gasteiger partial charge < -0.3 is 4.42 Å². The van der Waals surface area contributed by atoms with E-state index >= 15 is 0 Å². The van der Waals surface area contributed by atoms with Gasteiger partial charge in [0.15, 0.2) is 16.6 Å². The summed E-state index contributed by atoms with van der Waals surface area (Å²) in [5.74, 6) is 1.65. The molecule has 8 aromatic rings. The number of benzene rings is 6. The summed E-state index contributed by atoms with van der Waals surface area (Å²) < 4.78 is 32.8. The molecule has 0 spiro atoms. The summed E-state index contributed by atoms with van der Waals surface area (Å²) in [4.78, 5) is 3.78. The largest absolute Gasteiger partial charge is 0.455 e. The zero-order chi connectivity index (χ0) is 31.9. The molecule has 3 nitrogen and oxygen atoms in total. The number of H-pyrrole nitrogens is 1. The van der Waals surface area contributed by atoms with E-state index < -0.39 is 6.85 Å². The third-order valence-electron chi connectivity index (χ3n) is 8.90. The molecule has 0 aliphatic carbocycles. The monoisotopic (exact) mass is 562 g/mol. The third kappa shape index (κ3) is 3.91. The number of aryl methyl sites for hydroxylation is 1. The average Bonchev–Trinajstić information content (AvgIpc) is 3.60. The van der Waals surface area contributed by atoms with Crippen molar-refractivity contribution >= 4 is 54.5 Å². The number of furan rings is 1. The minimum atomic E-state index is -2.14. The van der Waals surface area contributed by atoms with Gasteiger partial charge in [-0.1, -0.05) is 106 Å². The van der Waals surface area contributed by atoms with Crippen LogP contribution < -0.4 is 4.57 Å². The number of hydrogen-bond acceptors (Lipinski definition) is 1. The molecule has 0 amide bonds. The molecule has 3 heteroatoms. The molecule has 2 aromatic heterocycles. The van der Waals surface area contributed by atoms with Crippen molar-refractivity contribution in [1.29, 1.82) is 0 Å². The van der Waals surface area contributed by atoms with Gasteiger partial charge in [-0.3, -0.25) is 0 Å². The Bertz CT molecular complexity index is 2450.